The zero-order valence-electron chi connectivity index (χ0n) is 21.9. The Bertz CT molecular complexity index is 1790. The maximum Gasteiger partial charge on any atom is 0.230 e. The topological polar surface area (TPSA) is 164 Å². The lowest BCUT2D eigenvalue weighted by molar-refractivity contribution is 0.125. The molecule has 1 aliphatic rings. The van der Waals surface area contributed by atoms with Crippen LogP contribution in [0.25, 0.3) is 43.1 Å². The zero-order chi connectivity index (χ0) is 27.9. The van der Waals surface area contributed by atoms with Crippen LogP contribution < -0.4 is 41.3 Å². The molecule has 0 fully saturated rings. The third-order valence-electron chi connectivity index (χ3n) is 7.53. The van der Waals surface area contributed by atoms with Crippen LogP contribution in [0.5, 0.6) is 23.0 Å². The predicted octanol–water partition coefficient (Wildman–Crippen LogP) is 2.65. The number of aliphatic hydroxyl groups is 2. The van der Waals surface area contributed by atoms with Gasteiger partial charge < -0.3 is 40.6 Å². The zero-order valence-corrected chi connectivity index (χ0v) is 21.9. The number of benzene rings is 5. The van der Waals surface area contributed by atoms with Crippen LogP contribution in [0.2, 0.25) is 0 Å². The third-order valence-corrected chi connectivity index (χ3v) is 7.53. The SMILES string of the molecule is COc1c(N)c2c(=O)cc3c4c5c(cc(=O)c6c(N)c(OC)c(C[C@@H](C)O)c(c(c1C[C@@H](C)O)c24)c65)OCO3. The van der Waals surface area contributed by atoms with Crippen LogP contribution in [0.15, 0.2) is 21.7 Å². The molecule has 0 bridgehead atoms. The Morgan fingerprint density at radius 2 is 1.10 bits per heavy atom. The van der Waals surface area contributed by atoms with Crippen LogP contribution in [0.3, 0.4) is 0 Å². The Hall–Kier alpha value is -4.28. The highest BCUT2D eigenvalue weighted by Gasteiger charge is 2.33. The van der Waals surface area contributed by atoms with Crippen LogP contribution >= 0.6 is 0 Å². The first-order valence-electron chi connectivity index (χ1n) is 12.5. The van der Waals surface area contributed by atoms with Crippen molar-refractivity contribution in [2.24, 2.45) is 0 Å². The van der Waals surface area contributed by atoms with Crippen molar-refractivity contribution in [3.8, 4) is 23.0 Å². The number of methoxy groups -OCH3 is 2. The van der Waals surface area contributed by atoms with Crippen molar-refractivity contribution in [3.63, 3.8) is 0 Å². The molecular weight excluding hydrogens is 504 g/mol. The van der Waals surface area contributed by atoms with E-state index in [4.69, 9.17) is 30.4 Å². The molecule has 0 saturated heterocycles. The van der Waals surface area contributed by atoms with Gasteiger partial charge in [-0.1, -0.05) is 0 Å². The molecule has 0 saturated carbocycles. The van der Waals surface area contributed by atoms with E-state index >= 15 is 0 Å². The van der Waals surface area contributed by atoms with E-state index in [9.17, 15) is 19.8 Å². The molecule has 10 nitrogen and oxygen atoms in total. The van der Waals surface area contributed by atoms with E-state index in [0.717, 1.165) is 0 Å². The predicted molar refractivity (Wildman–Crippen MR) is 150 cm³/mol. The van der Waals surface area contributed by atoms with E-state index in [1.165, 1.54) is 26.4 Å². The molecule has 0 radical (unpaired) electrons. The summed E-state index contributed by atoms with van der Waals surface area (Å²) in [5.74, 6) is 1.04. The second-order valence-corrected chi connectivity index (χ2v) is 10.1. The van der Waals surface area contributed by atoms with Gasteiger partial charge in [0.25, 0.3) is 0 Å². The van der Waals surface area contributed by atoms with Gasteiger partial charge in [0.1, 0.15) is 23.0 Å². The number of ether oxygens (including phenoxy) is 4. The summed E-state index contributed by atoms with van der Waals surface area (Å²) >= 11 is 0. The maximum absolute atomic E-state index is 13.6. The summed E-state index contributed by atoms with van der Waals surface area (Å²) in [6.45, 7) is 3.04. The standard InChI is InChI=1S/C29H28N2O8/c1-10(32)5-12-18-19-13(6-11(2)33)29(37-4)27(31)21-15(35)8-17-23(25(19)21)22-16(38-9-39-17)7-14(34)20(24(18)22)26(30)28(12)36-3/h7-8,10-11,32-33H,5-6,9,30-31H2,1-4H3/t10-,11-/m1/s1. The second kappa shape index (κ2) is 8.62. The Labute approximate surface area is 221 Å². The lowest BCUT2D eigenvalue weighted by Gasteiger charge is -2.25. The van der Waals surface area contributed by atoms with Crippen molar-refractivity contribution in [2.45, 2.75) is 38.9 Å². The highest BCUT2D eigenvalue weighted by atomic mass is 16.7. The van der Waals surface area contributed by atoms with Gasteiger partial charge in [-0.15, -0.1) is 0 Å². The minimum Gasteiger partial charge on any atom is -0.494 e. The van der Waals surface area contributed by atoms with Crippen molar-refractivity contribution in [3.05, 3.63) is 43.7 Å². The molecule has 6 N–H and O–H groups in total. The Kier molecular flexibility index (Phi) is 5.53. The van der Waals surface area contributed by atoms with Crippen molar-refractivity contribution in [1.29, 1.82) is 0 Å². The van der Waals surface area contributed by atoms with Crippen LogP contribution in [0.1, 0.15) is 25.0 Å². The van der Waals surface area contributed by atoms with Gasteiger partial charge in [-0.3, -0.25) is 9.59 Å². The Balaban J connectivity index is 2.13. The molecule has 0 amide bonds. The van der Waals surface area contributed by atoms with Crippen LogP contribution in [-0.4, -0.2) is 43.4 Å². The number of anilines is 2. The Morgan fingerprint density at radius 3 is 1.44 bits per heavy atom. The molecule has 2 atom stereocenters. The fourth-order valence-corrected chi connectivity index (χ4v) is 6.26. The molecule has 0 unspecified atom stereocenters. The third kappa shape index (κ3) is 3.28. The fraction of sp³-hybridized carbons (Fsp3) is 0.310. The van der Waals surface area contributed by atoms with Crippen LogP contribution in [0.4, 0.5) is 11.4 Å². The molecule has 5 aromatic carbocycles. The van der Waals surface area contributed by atoms with Gasteiger partial charge in [-0.25, -0.2) is 0 Å². The van der Waals surface area contributed by atoms with Gasteiger partial charge in [-0.2, -0.15) is 0 Å². The summed E-state index contributed by atoms with van der Waals surface area (Å²) in [6.07, 6.45) is -1.38. The largest absolute Gasteiger partial charge is 0.494 e. The molecular formula is C29H28N2O8. The van der Waals surface area contributed by atoms with Gasteiger partial charge in [-0.05, 0) is 24.6 Å². The van der Waals surface area contributed by atoms with Crippen molar-refractivity contribution in [2.75, 3.05) is 32.5 Å². The molecule has 1 heterocycles. The maximum atomic E-state index is 13.6. The molecule has 0 aromatic heterocycles. The molecule has 0 spiro atoms. The molecule has 202 valence electrons. The lowest BCUT2D eigenvalue weighted by Crippen LogP contribution is -2.15. The summed E-state index contributed by atoms with van der Waals surface area (Å²) in [4.78, 5) is 27.1. The summed E-state index contributed by atoms with van der Waals surface area (Å²) < 4.78 is 23.3. The van der Waals surface area contributed by atoms with Crippen LogP contribution in [0, 0.1) is 0 Å². The highest BCUT2D eigenvalue weighted by Crippen LogP contribution is 2.54. The lowest BCUT2D eigenvalue weighted by atomic mass is 9.81. The monoisotopic (exact) mass is 532 g/mol. The number of hydrogen-bond donors (Lipinski definition) is 4. The van der Waals surface area contributed by atoms with Gasteiger partial charge in [0.15, 0.2) is 10.9 Å². The average molecular weight is 533 g/mol. The quantitative estimate of drug-likeness (QED) is 0.145. The van der Waals surface area contributed by atoms with Gasteiger partial charge in [0.2, 0.25) is 6.79 Å². The van der Waals surface area contributed by atoms with E-state index in [0.29, 0.717) is 43.4 Å². The van der Waals surface area contributed by atoms with Crippen molar-refractivity contribution >= 4 is 54.5 Å². The first kappa shape index (κ1) is 25.0. The van der Waals surface area contributed by atoms with Crippen LogP contribution in [-0.2, 0) is 12.8 Å². The van der Waals surface area contributed by atoms with Crippen molar-refractivity contribution < 1.29 is 29.2 Å². The first-order chi connectivity index (χ1) is 18.6. The van der Waals surface area contributed by atoms with E-state index in [1.807, 2.05) is 0 Å². The van der Waals surface area contributed by atoms with E-state index in [1.54, 1.807) is 13.8 Å². The number of nitrogens with two attached hydrogens (primary N) is 2. The average Bonchev–Trinajstić information content (AvgIpc) is 3.03. The fourth-order valence-electron chi connectivity index (χ4n) is 6.26. The number of hydrogen-bond acceptors (Lipinski definition) is 10. The number of nitrogen functional groups attached to an aromatic ring is 2. The Morgan fingerprint density at radius 1 is 0.718 bits per heavy atom. The first-order valence-corrected chi connectivity index (χ1v) is 12.5. The summed E-state index contributed by atoms with van der Waals surface area (Å²) in [5, 5.41) is 24.7. The number of aliphatic hydroxyl groups excluding tert-OH is 2. The molecule has 1 aliphatic heterocycles. The molecule has 0 aliphatic carbocycles. The second-order valence-electron chi connectivity index (χ2n) is 10.1. The van der Waals surface area contributed by atoms with E-state index in [-0.39, 0.29) is 75.6 Å². The smallest absolute Gasteiger partial charge is 0.230 e. The van der Waals surface area contributed by atoms with Crippen molar-refractivity contribution in [1.82, 2.24) is 0 Å². The number of fused-ring (bicyclic) bond motifs is 1. The highest BCUT2D eigenvalue weighted by molar-refractivity contribution is 6.39. The van der Waals surface area contributed by atoms with E-state index in [2.05, 4.69) is 0 Å². The minimum atomic E-state index is -0.810. The summed E-state index contributed by atoms with van der Waals surface area (Å²) in [5.41, 5.74) is 13.8. The summed E-state index contributed by atoms with van der Waals surface area (Å²) in [6, 6.07) is 2.71. The molecule has 6 rings (SSSR count). The van der Waals surface area contributed by atoms with Gasteiger partial charge in [0, 0.05) is 57.6 Å². The minimum absolute atomic E-state index is 0.120. The molecule has 39 heavy (non-hydrogen) atoms. The molecule has 10 heteroatoms. The van der Waals surface area contributed by atoms with E-state index < -0.39 is 12.2 Å². The molecule has 5 aromatic rings. The van der Waals surface area contributed by atoms with Gasteiger partial charge in [0.05, 0.1) is 48.6 Å². The normalized spacial score (nSPS) is 14.6. The summed E-state index contributed by atoms with van der Waals surface area (Å²) in [7, 11) is 2.89. The van der Waals surface area contributed by atoms with Gasteiger partial charge >= 0.3 is 0 Å². The number of rotatable bonds is 6.